The van der Waals surface area contributed by atoms with E-state index in [1.54, 1.807) is 0 Å². The summed E-state index contributed by atoms with van der Waals surface area (Å²) in [5, 5.41) is 21.0. The Morgan fingerprint density at radius 1 is 1.12 bits per heavy atom. The van der Waals surface area contributed by atoms with Gasteiger partial charge in [0.05, 0.1) is 19.8 Å². The lowest BCUT2D eigenvalue weighted by atomic mass is 9.87. The van der Waals surface area contributed by atoms with Crippen LogP contribution in [0.25, 0.3) is 0 Å². The summed E-state index contributed by atoms with van der Waals surface area (Å²) in [6.45, 7) is 11.4. The van der Waals surface area contributed by atoms with Crippen molar-refractivity contribution in [2.75, 3.05) is 13.2 Å². The lowest BCUT2D eigenvalue weighted by Gasteiger charge is -2.49. The van der Waals surface area contributed by atoms with E-state index in [1.165, 1.54) is 0 Å². The molecule has 1 saturated carbocycles. The molecule has 0 spiro atoms. The van der Waals surface area contributed by atoms with Crippen molar-refractivity contribution in [2.24, 2.45) is 0 Å². The van der Waals surface area contributed by atoms with Gasteiger partial charge in [0.2, 0.25) is 0 Å². The fraction of sp³-hybridized carbons (Fsp3) is 0.700. The summed E-state index contributed by atoms with van der Waals surface area (Å²) in [4.78, 5) is 0. The van der Waals surface area contributed by atoms with E-state index in [1.807, 2.05) is 30.3 Å². The maximum absolute atomic E-state index is 11.1. The third-order valence-electron chi connectivity index (χ3n) is 5.98. The van der Waals surface area contributed by atoms with Crippen LogP contribution in [-0.4, -0.2) is 42.9 Å². The Bertz CT molecular complexity index is 555. The first kappa shape index (κ1) is 20.6. The predicted molar refractivity (Wildman–Crippen MR) is 103 cm³/mol. The third kappa shape index (κ3) is 4.34. The van der Waals surface area contributed by atoms with Gasteiger partial charge < -0.3 is 19.4 Å². The van der Waals surface area contributed by atoms with Gasteiger partial charge in [-0.15, -0.1) is 0 Å². The molecule has 1 aliphatic carbocycles. The summed E-state index contributed by atoms with van der Waals surface area (Å²) in [6, 6.07) is 10.00. The van der Waals surface area contributed by atoms with Gasteiger partial charge in [-0.05, 0) is 43.0 Å². The first-order chi connectivity index (χ1) is 11.6. The molecule has 0 saturated heterocycles. The summed E-state index contributed by atoms with van der Waals surface area (Å²) in [5.74, 6) is 0. The van der Waals surface area contributed by atoms with Gasteiger partial charge in [-0.2, -0.15) is 0 Å². The van der Waals surface area contributed by atoms with Crippen molar-refractivity contribution in [1.29, 1.82) is 0 Å². The topological polar surface area (TPSA) is 58.9 Å². The van der Waals surface area contributed by atoms with Crippen LogP contribution < -0.4 is 0 Å². The minimum Gasteiger partial charge on any atom is -0.406 e. The smallest absolute Gasteiger partial charge is 0.193 e. The molecular formula is C20H34O4Si. The van der Waals surface area contributed by atoms with Crippen LogP contribution in [0.2, 0.25) is 18.1 Å². The molecule has 4 nitrogen and oxygen atoms in total. The molecule has 0 aliphatic heterocycles. The Labute approximate surface area is 153 Å². The molecule has 0 heterocycles. The fourth-order valence-electron chi connectivity index (χ4n) is 3.28. The molecule has 25 heavy (non-hydrogen) atoms. The van der Waals surface area contributed by atoms with Crippen LogP contribution in [0.1, 0.15) is 45.6 Å². The lowest BCUT2D eigenvalue weighted by molar-refractivity contribution is -0.172. The third-order valence-corrected chi connectivity index (χ3v) is 10.5. The van der Waals surface area contributed by atoms with Gasteiger partial charge in [-0.3, -0.25) is 0 Å². The van der Waals surface area contributed by atoms with Crippen LogP contribution in [0.3, 0.4) is 0 Å². The minimum absolute atomic E-state index is 0.0262. The normalized spacial score (nSPS) is 27.6. The van der Waals surface area contributed by atoms with E-state index in [-0.39, 0.29) is 11.6 Å². The molecule has 2 N–H and O–H groups in total. The van der Waals surface area contributed by atoms with Crippen LogP contribution >= 0.6 is 0 Å². The zero-order valence-electron chi connectivity index (χ0n) is 16.3. The highest BCUT2D eigenvalue weighted by Crippen LogP contribution is 2.48. The summed E-state index contributed by atoms with van der Waals surface area (Å²) in [6.07, 6.45) is 2.10. The van der Waals surface area contributed by atoms with Crippen LogP contribution in [0.4, 0.5) is 0 Å². The van der Waals surface area contributed by atoms with Crippen molar-refractivity contribution in [3.8, 4) is 0 Å². The van der Waals surface area contributed by atoms with E-state index in [0.29, 0.717) is 26.1 Å². The summed E-state index contributed by atoms with van der Waals surface area (Å²) in [5.41, 5.74) is -0.978. The van der Waals surface area contributed by atoms with Crippen LogP contribution in [0.15, 0.2) is 30.3 Å². The Kier molecular flexibility index (Phi) is 6.17. The van der Waals surface area contributed by atoms with E-state index in [2.05, 4.69) is 33.9 Å². The molecule has 142 valence electrons. The van der Waals surface area contributed by atoms with Gasteiger partial charge in [0.1, 0.15) is 11.2 Å². The molecule has 2 rings (SSSR count). The second-order valence-corrected chi connectivity index (χ2v) is 13.6. The average molecular weight is 367 g/mol. The highest BCUT2D eigenvalue weighted by molar-refractivity contribution is 6.74. The molecule has 5 heteroatoms. The summed E-state index contributed by atoms with van der Waals surface area (Å²) < 4.78 is 12.7. The molecule has 1 aromatic carbocycles. The second-order valence-electron chi connectivity index (χ2n) is 8.88. The van der Waals surface area contributed by atoms with Gasteiger partial charge in [0.15, 0.2) is 8.32 Å². The molecule has 0 amide bonds. The second kappa shape index (κ2) is 7.49. The minimum atomic E-state index is -2.13. The molecule has 1 aromatic rings. The van der Waals surface area contributed by atoms with Crippen molar-refractivity contribution in [1.82, 2.24) is 0 Å². The number of hydrogen-bond acceptors (Lipinski definition) is 4. The SMILES string of the molecule is CC(C)(C)[Si](C)(C)OC1(COCc2ccccc2)CCCC1(O)CO. The van der Waals surface area contributed by atoms with E-state index in [9.17, 15) is 10.2 Å². The Hall–Kier alpha value is -0.723. The van der Waals surface area contributed by atoms with E-state index >= 15 is 0 Å². The largest absolute Gasteiger partial charge is 0.406 e. The van der Waals surface area contributed by atoms with E-state index in [0.717, 1.165) is 12.0 Å². The molecule has 1 aliphatic rings. The number of aliphatic hydroxyl groups excluding tert-OH is 1. The maximum Gasteiger partial charge on any atom is 0.193 e. The monoisotopic (exact) mass is 366 g/mol. The summed E-state index contributed by atoms with van der Waals surface area (Å²) >= 11 is 0. The van der Waals surface area contributed by atoms with Gasteiger partial charge in [0, 0.05) is 0 Å². The van der Waals surface area contributed by atoms with Gasteiger partial charge in [-0.25, -0.2) is 0 Å². The van der Waals surface area contributed by atoms with Gasteiger partial charge in [0.25, 0.3) is 0 Å². The Balaban J connectivity index is 2.19. The summed E-state index contributed by atoms with van der Waals surface area (Å²) in [7, 11) is -2.13. The average Bonchev–Trinajstić information content (AvgIpc) is 2.84. The lowest BCUT2D eigenvalue weighted by Crippen LogP contribution is -2.62. The number of benzene rings is 1. The Morgan fingerprint density at radius 3 is 2.32 bits per heavy atom. The van der Waals surface area contributed by atoms with Crippen LogP contribution in [0, 0.1) is 0 Å². The zero-order chi connectivity index (χ0) is 18.8. The van der Waals surface area contributed by atoms with Gasteiger partial charge in [-0.1, -0.05) is 51.1 Å². The van der Waals surface area contributed by atoms with E-state index < -0.39 is 19.5 Å². The molecule has 0 aromatic heterocycles. The Morgan fingerprint density at radius 2 is 1.76 bits per heavy atom. The highest BCUT2D eigenvalue weighted by Gasteiger charge is 2.58. The number of hydrogen-bond donors (Lipinski definition) is 2. The number of rotatable bonds is 7. The fourth-order valence-corrected chi connectivity index (χ4v) is 4.92. The molecule has 2 unspecified atom stereocenters. The van der Waals surface area contributed by atoms with Crippen LogP contribution in [-0.2, 0) is 15.8 Å². The molecular weight excluding hydrogens is 332 g/mol. The van der Waals surface area contributed by atoms with Crippen molar-refractivity contribution >= 4 is 8.32 Å². The molecule has 1 fully saturated rings. The first-order valence-electron chi connectivity index (χ1n) is 9.20. The van der Waals surface area contributed by atoms with E-state index in [4.69, 9.17) is 9.16 Å². The predicted octanol–water partition coefficient (Wildman–Crippen LogP) is 3.87. The first-order valence-corrected chi connectivity index (χ1v) is 12.1. The van der Waals surface area contributed by atoms with Crippen molar-refractivity contribution in [3.05, 3.63) is 35.9 Å². The van der Waals surface area contributed by atoms with Crippen molar-refractivity contribution < 1.29 is 19.4 Å². The standard InChI is InChI=1S/C20H34O4Si/c1-18(2,3)25(4,5)24-20(13-9-12-19(20,22)15-21)16-23-14-17-10-7-6-8-11-17/h6-8,10-11,21-22H,9,12-16H2,1-5H3. The van der Waals surface area contributed by atoms with Crippen LogP contribution in [0.5, 0.6) is 0 Å². The van der Waals surface area contributed by atoms with Crippen molar-refractivity contribution in [2.45, 2.75) is 76.0 Å². The van der Waals surface area contributed by atoms with Crippen molar-refractivity contribution in [3.63, 3.8) is 0 Å². The zero-order valence-corrected chi connectivity index (χ0v) is 17.3. The maximum atomic E-state index is 11.1. The van der Waals surface area contributed by atoms with Gasteiger partial charge >= 0.3 is 0 Å². The number of ether oxygens (including phenoxy) is 1. The highest BCUT2D eigenvalue weighted by atomic mass is 28.4. The number of aliphatic hydroxyl groups is 2. The molecule has 2 atom stereocenters. The molecule has 0 bridgehead atoms. The quantitative estimate of drug-likeness (QED) is 0.719. The molecule has 0 radical (unpaired) electrons.